The Bertz CT molecular complexity index is 966. The highest BCUT2D eigenvalue weighted by atomic mass is 16.5. The van der Waals surface area contributed by atoms with Gasteiger partial charge in [-0.2, -0.15) is 5.26 Å². The highest BCUT2D eigenvalue weighted by Crippen LogP contribution is 2.10. The molecule has 30 heavy (non-hydrogen) atoms. The van der Waals surface area contributed by atoms with E-state index in [-0.39, 0.29) is 23.8 Å². The molecule has 3 N–H and O–H groups in total. The van der Waals surface area contributed by atoms with Crippen LogP contribution in [0.4, 0.5) is 5.69 Å². The van der Waals surface area contributed by atoms with Crippen LogP contribution in [-0.4, -0.2) is 42.6 Å². The van der Waals surface area contributed by atoms with Gasteiger partial charge in [0.05, 0.1) is 30.5 Å². The van der Waals surface area contributed by atoms with Crippen LogP contribution in [0.15, 0.2) is 36.4 Å². The van der Waals surface area contributed by atoms with Crippen molar-refractivity contribution >= 4 is 23.5 Å². The maximum atomic E-state index is 12.0. The average Bonchev–Trinajstić information content (AvgIpc) is 2.73. The lowest BCUT2D eigenvalue weighted by Gasteiger charge is -2.14. The van der Waals surface area contributed by atoms with Crippen molar-refractivity contribution in [2.75, 3.05) is 19.5 Å². The Labute approximate surface area is 173 Å². The fraction of sp³-hybridized carbons (Fsp3) is 0.286. The number of nitrogens with one attached hydrogen (secondary N) is 1. The molecule has 1 aromatic heterocycles. The summed E-state index contributed by atoms with van der Waals surface area (Å²) in [5.41, 5.74) is 7.54. The molecule has 1 aromatic carbocycles. The van der Waals surface area contributed by atoms with Crippen molar-refractivity contribution in [3.63, 3.8) is 0 Å². The first-order valence-corrected chi connectivity index (χ1v) is 9.10. The van der Waals surface area contributed by atoms with Crippen molar-refractivity contribution in [2.45, 2.75) is 25.8 Å². The number of aromatic nitrogens is 1. The normalized spacial score (nSPS) is 11.1. The van der Waals surface area contributed by atoms with E-state index in [1.54, 1.807) is 24.3 Å². The number of hydrogen-bond acceptors (Lipinski definition) is 8. The number of anilines is 1. The van der Waals surface area contributed by atoms with E-state index in [1.807, 2.05) is 13.0 Å². The third-order valence-electron chi connectivity index (χ3n) is 4.10. The van der Waals surface area contributed by atoms with Crippen molar-refractivity contribution in [1.29, 1.82) is 5.26 Å². The summed E-state index contributed by atoms with van der Waals surface area (Å²) in [7, 11) is 1.32. The molecule has 9 heteroatoms. The number of rotatable bonds is 8. The Hall–Kier alpha value is -3.93. The van der Waals surface area contributed by atoms with Gasteiger partial charge in [-0.25, -0.2) is 9.78 Å². The molecule has 0 bridgehead atoms. The van der Waals surface area contributed by atoms with Crippen LogP contribution in [0.25, 0.3) is 0 Å². The van der Waals surface area contributed by atoms with Crippen molar-refractivity contribution in [1.82, 2.24) is 10.3 Å². The fourth-order valence-corrected chi connectivity index (χ4v) is 2.66. The largest absolute Gasteiger partial charge is 0.465 e. The maximum absolute atomic E-state index is 12.0. The van der Waals surface area contributed by atoms with Crippen LogP contribution in [0.3, 0.4) is 0 Å². The van der Waals surface area contributed by atoms with Crippen LogP contribution < -0.4 is 11.1 Å². The van der Waals surface area contributed by atoms with Crippen molar-refractivity contribution in [3.05, 3.63) is 58.9 Å². The second kappa shape index (κ2) is 10.6. The Balaban J connectivity index is 1.77. The molecule has 2 rings (SSSR count). The Morgan fingerprint density at radius 3 is 2.53 bits per heavy atom. The zero-order chi connectivity index (χ0) is 22.1. The Kier molecular flexibility index (Phi) is 7.88. The van der Waals surface area contributed by atoms with E-state index in [1.165, 1.54) is 19.2 Å². The maximum Gasteiger partial charge on any atom is 0.337 e. The third-order valence-corrected chi connectivity index (χ3v) is 4.10. The molecule has 1 atom stereocenters. The number of carbonyl (C=O) groups excluding carboxylic acids is 3. The molecular weight excluding hydrogens is 388 g/mol. The predicted octanol–water partition coefficient (Wildman–Crippen LogP) is 1.16. The molecule has 0 aliphatic rings. The minimum atomic E-state index is -0.641. The van der Waals surface area contributed by atoms with E-state index in [9.17, 15) is 14.4 Å². The number of pyridine rings is 1. The Morgan fingerprint density at radius 1 is 1.20 bits per heavy atom. The van der Waals surface area contributed by atoms with Crippen molar-refractivity contribution in [3.8, 4) is 6.07 Å². The third kappa shape index (κ3) is 6.60. The van der Waals surface area contributed by atoms with Gasteiger partial charge in [0.1, 0.15) is 6.07 Å². The molecule has 0 saturated heterocycles. The lowest BCUT2D eigenvalue weighted by molar-refractivity contribution is -0.148. The summed E-state index contributed by atoms with van der Waals surface area (Å²) in [6, 6.07) is 11.5. The quantitative estimate of drug-likeness (QED) is 0.617. The molecule has 0 aliphatic heterocycles. The molecule has 1 unspecified atom stereocenters. The first-order chi connectivity index (χ1) is 14.3. The van der Waals surface area contributed by atoms with E-state index < -0.39 is 24.5 Å². The summed E-state index contributed by atoms with van der Waals surface area (Å²) in [4.78, 5) is 39.3. The first kappa shape index (κ1) is 22.4. The van der Waals surface area contributed by atoms with Crippen molar-refractivity contribution in [2.24, 2.45) is 0 Å². The first-order valence-electron chi connectivity index (χ1n) is 9.10. The van der Waals surface area contributed by atoms with Crippen LogP contribution in [0.5, 0.6) is 0 Å². The number of carbonyl (C=O) groups is 3. The lowest BCUT2D eigenvalue weighted by atomic mass is 10.1. The standard InChI is InChI=1S/C21H22N4O5/c1-13(9-14-3-5-15(6-4-14)21(28)29-2)24-19(26)12-30-20(27)10-16-7-8-17(23)18(11-22)25-16/h3-8,13H,9-10,12,23H2,1-2H3,(H,24,26). The molecule has 1 amide bonds. The number of methoxy groups -OCH3 is 1. The number of nitrogens with zero attached hydrogens (tertiary/aromatic N) is 2. The summed E-state index contributed by atoms with van der Waals surface area (Å²) in [5.74, 6) is -1.50. The molecule has 1 heterocycles. The van der Waals surface area contributed by atoms with Crippen LogP contribution in [-0.2, 0) is 31.9 Å². The van der Waals surface area contributed by atoms with Crippen LogP contribution >= 0.6 is 0 Å². The summed E-state index contributed by atoms with van der Waals surface area (Å²) in [6.07, 6.45) is 0.359. The predicted molar refractivity (Wildman–Crippen MR) is 107 cm³/mol. The molecule has 156 valence electrons. The molecule has 0 radical (unpaired) electrons. The van der Waals surface area contributed by atoms with Gasteiger partial charge in [0, 0.05) is 6.04 Å². The highest BCUT2D eigenvalue weighted by Gasteiger charge is 2.13. The number of benzene rings is 1. The number of nitriles is 1. The number of ether oxygens (including phenoxy) is 2. The van der Waals surface area contributed by atoms with E-state index in [0.717, 1.165) is 5.56 Å². The minimum Gasteiger partial charge on any atom is -0.465 e. The van der Waals surface area contributed by atoms with Gasteiger partial charge >= 0.3 is 11.9 Å². The second-order valence-corrected chi connectivity index (χ2v) is 6.55. The van der Waals surface area contributed by atoms with Gasteiger partial charge in [-0.1, -0.05) is 12.1 Å². The molecule has 2 aromatic rings. The van der Waals surface area contributed by atoms with Gasteiger partial charge in [0.25, 0.3) is 5.91 Å². The van der Waals surface area contributed by atoms with E-state index in [2.05, 4.69) is 15.0 Å². The molecule has 9 nitrogen and oxygen atoms in total. The zero-order valence-corrected chi connectivity index (χ0v) is 16.7. The molecule has 0 saturated carbocycles. The van der Waals surface area contributed by atoms with E-state index >= 15 is 0 Å². The molecular formula is C21H22N4O5. The van der Waals surface area contributed by atoms with Crippen LogP contribution in [0.2, 0.25) is 0 Å². The Morgan fingerprint density at radius 2 is 1.90 bits per heavy atom. The number of amides is 1. The number of nitrogen functional groups attached to an aromatic ring is 1. The molecule has 0 aliphatic carbocycles. The van der Waals surface area contributed by atoms with Gasteiger partial charge < -0.3 is 20.5 Å². The SMILES string of the molecule is COC(=O)c1ccc(CC(C)NC(=O)COC(=O)Cc2ccc(N)c(C#N)n2)cc1. The average molecular weight is 410 g/mol. The number of hydrogen-bond donors (Lipinski definition) is 2. The number of nitrogens with two attached hydrogens (primary N) is 1. The number of esters is 2. The molecule has 0 fully saturated rings. The second-order valence-electron chi connectivity index (χ2n) is 6.55. The van der Waals surface area contributed by atoms with Gasteiger partial charge in [0.15, 0.2) is 12.3 Å². The van der Waals surface area contributed by atoms with Gasteiger partial charge in [-0.3, -0.25) is 9.59 Å². The molecule has 0 spiro atoms. The van der Waals surface area contributed by atoms with E-state index in [4.69, 9.17) is 15.7 Å². The van der Waals surface area contributed by atoms with Crippen molar-refractivity contribution < 1.29 is 23.9 Å². The van der Waals surface area contributed by atoms with E-state index in [0.29, 0.717) is 17.7 Å². The topological polar surface area (TPSA) is 144 Å². The van der Waals surface area contributed by atoms with Gasteiger partial charge in [-0.15, -0.1) is 0 Å². The van der Waals surface area contributed by atoms with Crippen LogP contribution in [0.1, 0.15) is 34.2 Å². The summed E-state index contributed by atoms with van der Waals surface area (Å²) < 4.78 is 9.61. The summed E-state index contributed by atoms with van der Waals surface area (Å²) in [6.45, 7) is 1.39. The smallest absolute Gasteiger partial charge is 0.337 e. The lowest BCUT2D eigenvalue weighted by Crippen LogP contribution is -2.37. The minimum absolute atomic E-state index is 0.0338. The monoisotopic (exact) mass is 410 g/mol. The van der Waals surface area contributed by atoms with Gasteiger partial charge in [0.2, 0.25) is 0 Å². The summed E-state index contributed by atoms with van der Waals surface area (Å²) >= 11 is 0. The summed E-state index contributed by atoms with van der Waals surface area (Å²) in [5, 5.41) is 11.6. The highest BCUT2D eigenvalue weighted by molar-refractivity contribution is 5.89. The zero-order valence-electron chi connectivity index (χ0n) is 16.7. The fourth-order valence-electron chi connectivity index (χ4n) is 2.66. The van der Waals surface area contributed by atoms with Gasteiger partial charge in [-0.05, 0) is 43.2 Å². The van der Waals surface area contributed by atoms with Crippen LogP contribution in [0, 0.1) is 11.3 Å².